The zero-order valence-electron chi connectivity index (χ0n) is 11.4. The van der Waals surface area contributed by atoms with E-state index in [0.717, 1.165) is 17.8 Å². The van der Waals surface area contributed by atoms with Gasteiger partial charge in [0, 0.05) is 25.3 Å². The van der Waals surface area contributed by atoms with Crippen molar-refractivity contribution in [3.63, 3.8) is 0 Å². The second kappa shape index (κ2) is 7.01. The lowest BCUT2D eigenvalue weighted by Gasteiger charge is -2.21. The van der Waals surface area contributed by atoms with Crippen molar-refractivity contribution in [2.24, 2.45) is 0 Å². The van der Waals surface area contributed by atoms with Crippen LogP contribution in [0.4, 0.5) is 5.69 Å². The summed E-state index contributed by atoms with van der Waals surface area (Å²) < 4.78 is 0. The van der Waals surface area contributed by atoms with Gasteiger partial charge >= 0.3 is 0 Å². The molecule has 0 saturated heterocycles. The second-order valence-electron chi connectivity index (χ2n) is 4.19. The average Bonchev–Trinajstić information content (AvgIpc) is 2.36. The molecule has 0 aliphatic rings. The molecule has 0 aliphatic carbocycles. The van der Waals surface area contributed by atoms with Crippen molar-refractivity contribution in [3.8, 4) is 0 Å². The van der Waals surface area contributed by atoms with Crippen LogP contribution in [-0.2, 0) is 0 Å². The number of anilines is 1. The number of nitrogens with zero attached hydrogens (tertiary/aromatic N) is 1. The Hall–Kier alpha value is -1.55. The fraction of sp³-hybridized carbons (Fsp3) is 0.500. The number of nitrogens with one attached hydrogen (secondary N) is 1. The Morgan fingerprint density at radius 1 is 1.39 bits per heavy atom. The van der Waals surface area contributed by atoms with Gasteiger partial charge in [0.15, 0.2) is 0 Å². The van der Waals surface area contributed by atoms with Gasteiger partial charge in [-0.15, -0.1) is 0 Å². The minimum atomic E-state index is -0.0394. The number of rotatable bonds is 6. The van der Waals surface area contributed by atoms with Gasteiger partial charge in [-0.25, -0.2) is 0 Å². The van der Waals surface area contributed by atoms with Crippen LogP contribution in [0.3, 0.4) is 0 Å². The molecule has 0 radical (unpaired) electrons. The molecule has 2 N–H and O–H groups in total. The molecule has 0 saturated carbocycles. The van der Waals surface area contributed by atoms with Crippen molar-refractivity contribution in [3.05, 3.63) is 29.3 Å². The Balaban J connectivity index is 3.03. The first-order valence-corrected chi connectivity index (χ1v) is 6.38. The predicted molar refractivity (Wildman–Crippen MR) is 74.0 cm³/mol. The number of hydrogen-bond donors (Lipinski definition) is 2. The normalized spacial score (nSPS) is 10.2. The van der Waals surface area contributed by atoms with Crippen LogP contribution in [0.2, 0.25) is 0 Å². The largest absolute Gasteiger partial charge is 0.395 e. The minimum Gasteiger partial charge on any atom is -0.395 e. The standard InChI is InChI=1S/C14H22N2O2/c1-4-15-13-10-11(3)6-7-12(13)14(18)16(5-2)8-9-17/h6-7,10,15,17H,4-5,8-9H2,1-3H3. The summed E-state index contributed by atoms with van der Waals surface area (Å²) in [5.41, 5.74) is 2.64. The molecule has 1 amide bonds. The monoisotopic (exact) mass is 250 g/mol. The van der Waals surface area contributed by atoms with Crippen LogP contribution >= 0.6 is 0 Å². The van der Waals surface area contributed by atoms with E-state index in [-0.39, 0.29) is 12.5 Å². The maximum atomic E-state index is 12.3. The van der Waals surface area contributed by atoms with Crippen molar-refractivity contribution in [1.82, 2.24) is 4.90 Å². The lowest BCUT2D eigenvalue weighted by atomic mass is 10.1. The van der Waals surface area contributed by atoms with E-state index < -0.39 is 0 Å². The number of aryl methyl sites for hydroxylation is 1. The predicted octanol–water partition coefficient (Wildman–Crippen LogP) is 1.88. The number of aliphatic hydroxyl groups is 1. The molecule has 18 heavy (non-hydrogen) atoms. The van der Waals surface area contributed by atoms with Gasteiger partial charge in [0.1, 0.15) is 0 Å². The molecule has 0 aliphatic heterocycles. The SMILES string of the molecule is CCNc1cc(C)ccc1C(=O)N(CC)CCO. The van der Waals surface area contributed by atoms with Crippen molar-refractivity contribution in [1.29, 1.82) is 0 Å². The average molecular weight is 250 g/mol. The zero-order chi connectivity index (χ0) is 13.5. The summed E-state index contributed by atoms with van der Waals surface area (Å²) in [6.45, 7) is 7.64. The molecular weight excluding hydrogens is 228 g/mol. The van der Waals surface area contributed by atoms with E-state index in [9.17, 15) is 4.79 Å². The molecule has 1 aromatic rings. The summed E-state index contributed by atoms with van der Waals surface area (Å²) in [5.74, 6) is -0.0394. The van der Waals surface area contributed by atoms with Crippen molar-refractivity contribution in [2.45, 2.75) is 20.8 Å². The highest BCUT2D eigenvalue weighted by Gasteiger charge is 2.17. The summed E-state index contributed by atoms with van der Waals surface area (Å²) in [6, 6.07) is 5.75. The number of aliphatic hydroxyl groups excluding tert-OH is 1. The molecule has 0 spiro atoms. The number of hydrogen-bond acceptors (Lipinski definition) is 3. The molecule has 100 valence electrons. The highest BCUT2D eigenvalue weighted by Crippen LogP contribution is 2.19. The van der Waals surface area contributed by atoms with E-state index in [2.05, 4.69) is 5.32 Å². The zero-order valence-corrected chi connectivity index (χ0v) is 11.4. The van der Waals surface area contributed by atoms with Gasteiger partial charge in [0.2, 0.25) is 0 Å². The van der Waals surface area contributed by atoms with Crippen molar-refractivity contribution < 1.29 is 9.90 Å². The fourth-order valence-corrected chi connectivity index (χ4v) is 1.88. The second-order valence-corrected chi connectivity index (χ2v) is 4.19. The Bertz CT molecular complexity index is 405. The van der Waals surface area contributed by atoms with E-state index in [0.29, 0.717) is 18.7 Å². The molecule has 0 heterocycles. The van der Waals surface area contributed by atoms with E-state index in [1.165, 1.54) is 0 Å². The number of benzene rings is 1. The first-order valence-electron chi connectivity index (χ1n) is 6.38. The Labute approximate surface area is 109 Å². The third-order valence-electron chi connectivity index (χ3n) is 2.81. The highest BCUT2D eigenvalue weighted by atomic mass is 16.3. The van der Waals surface area contributed by atoms with Crippen molar-refractivity contribution >= 4 is 11.6 Å². The van der Waals surface area contributed by atoms with Crippen LogP contribution in [0.15, 0.2) is 18.2 Å². The van der Waals surface area contributed by atoms with Gasteiger partial charge in [-0.05, 0) is 38.5 Å². The molecule has 1 rings (SSSR count). The van der Waals surface area contributed by atoms with Crippen LogP contribution in [0, 0.1) is 6.92 Å². The van der Waals surface area contributed by atoms with Crippen LogP contribution in [-0.4, -0.2) is 42.2 Å². The lowest BCUT2D eigenvalue weighted by molar-refractivity contribution is 0.0733. The Morgan fingerprint density at radius 2 is 2.11 bits per heavy atom. The van der Waals surface area contributed by atoms with E-state index in [1.54, 1.807) is 4.90 Å². The van der Waals surface area contributed by atoms with Gasteiger partial charge in [0.05, 0.1) is 12.2 Å². The number of carbonyl (C=O) groups is 1. The summed E-state index contributed by atoms with van der Waals surface area (Å²) in [6.07, 6.45) is 0. The molecule has 0 fully saturated rings. The third kappa shape index (κ3) is 3.47. The maximum Gasteiger partial charge on any atom is 0.256 e. The lowest BCUT2D eigenvalue weighted by Crippen LogP contribution is -2.33. The smallest absolute Gasteiger partial charge is 0.256 e. The van der Waals surface area contributed by atoms with E-state index in [1.807, 2.05) is 39.0 Å². The molecule has 1 aromatic carbocycles. The summed E-state index contributed by atoms with van der Waals surface area (Å²) >= 11 is 0. The molecule has 4 nitrogen and oxygen atoms in total. The minimum absolute atomic E-state index is 0.0119. The van der Waals surface area contributed by atoms with Gasteiger partial charge in [-0.3, -0.25) is 4.79 Å². The quantitative estimate of drug-likeness (QED) is 0.810. The number of carbonyl (C=O) groups excluding carboxylic acids is 1. The van der Waals surface area contributed by atoms with Gasteiger partial charge < -0.3 is 15.3 Å². The molecule has 0 bridgehead atoms. The summed E-state index contributed by atoms with van der Waals surface area (Å²) in [5, 5.41) is 12.2. The topological polar surface area (TPSA) is 52.6 Å². The van der Waals surface area contributed by atoms with Gasteiger partial charge in [-0.2, -0.15) is 0 Å². The first-order chi connectivity index (χ1) is 8.63. The molecule has 0 aromatic heterocycles. The van der Waals surface area contributed by atoms with Crippen LogP contribution in [0.25, 0.3) is 0 Å². The number of amides is 1. The van der Waals surface area contributed by atoms with E-state index >= 15 is 0 Å². The van der Waals surface area contributed by atoms with Crippen molar-refractivity contribution in [2.75, 3.05) is 31.6 Å². The Morgan fingerprint density at radius 3 is 2.67 bits per heavy atom. The van der Waals surface area contributed by atoms with E-state index in [4.69, 9.17) is 5.11 Å². The molecular formula is C14H22N2O2. The maximum absolute atomic E-state index is 12.3. The first kappa shape index (κ1) is 14.5. The molecule has 0 atom stereocenters. The fourth-order valence-electron chi connectivity index (χ4n) is 1.88. The van der Waals surface area contributed by atoms with Gasteiger partial charge in [0.25, 0.3) is 5.91 Å². The highest BCUT2D eigenvalue weighted by molar-refractivity contribution is 5.99. The molecule has 4 heteroatoms. The van der Waals surface area contributed by atoms with Crippen LogP contribution < -0.4 is 5.32 Å². The van der Waals surface area contributed by atoms with Gasteiger partial charge in [-0.1, -0.05) is 6.07 Å². The number of likely N-dealkylation sites (N-methyl/N-ethyl adjacent to an activating group) is 1. The van der Waals surface area contributed by atoms with Crippen LogP contribution in [0.5, 0.6) is 0 Å². The molecule has 0 unspecified atom stereocenters. The van der Waals surface area contributed by atoms with Crippen LogP contribution in [0.1, 0.15) is 29.8 Å². The summed E-state index contributed by atoms with van der Waals surface area (Å²) in [7, 11) is 0. The Kier molecular flexibility index (Phi) is 5.65. The third-order valence-corrected chi connectivity index (χ3v) is 2.81. The summed E-state index contributed by atoms with van der Waals surface area (Å²) in [4.78, 5) is 14.0.